The van der Waals surface area contributed by atoms with Crippen LogP contribution in [0.5, 0.6) is 0 Å². The molecule has 0 amide bonds. The summed E-state index contributed by atoms with van der Waals surface area (Å²) in [6.45, 7) is 6.19. The minimum atomic E-state index is 0.0417. The molecular formula is C6H11NO. The van der Waals surface area contributed by atoms with Crippen molar-refractivity contribution in [1.29, 1.82) is 0 Å². The van der Waals surface area contributed by atoms with Gasteiger partial charge in [-0.2, -0.15) is 0 Å². The Hall–Kier alpha value is -0.500. The van der Waals surface area contributed by atoms with E-state index in [-0.39, 0.29) is 5.54 Å². The molecule has 1 N–H and O–H groups in total. The summed E-state index contributed by atoms with van der Waals surface area (Å²) < 4.78 is 0. The van der Waals surface area contributed by atoms with E-state index in [4.69, 9.17) is 4.84 Å². The second-order valence-corrected chi connectivity index (χ2v) is 2.65. The number of nitrogens with one attached hydrogen (secondary N) is 1. The summed E-state index contributed by atoms with van der Waals surface area (Å²) in [7, 11) is 0. The zero-order valence-corrected chi connectivity index (χ0v) is 5.49. The van der Waals surface area contributed by atoms with Gasteiger partial charge in [-0.1, -0.05) is 0 Å². The first-order valence-electron chi connectivity index (χ1n) is 2.73. The van der Waals surface area contributed by atoms with Gasteiger partial charge in [0.2, 0.25) is 0 Å². The fourth-order valence-electron chi connectivity index (χ4n) is 0.493. The number of hydrogen-bond acceptors (Lipinski definition) is 2. The molecular weight excluding hydrogens is 102 g/mol. The van der Waals surface area contributed by atoms with Crippen molar-refractivity contribution in [3.8, 4) is 0 Å². The molecule has 0 spiro atoms. The summed E-state index contributed by atoms with van der Waals surface area (Å²) >= 11 is 0. The van der Waals surface area contributed by atoms with Gasteiger partial charge < -0.3 is 4.84 Å². The van der Waals surface area contributed by atoms with Crippen molar-refractivity contribution in [3.63, 3.8) is 0 Å². The van der Waals surface area contributed by atoms with Crippen LogP contribution in [-0.2, 0) is 4.84 Å². The molecule has 0 aromatic heterocycles. The van der Waals surface area contributed by atoms with Gasteiger partial charge in [-0.3, -0.25) is 0 Å². The molecule has 0 bridgehead atoms. The second-order valence-electron chi connectivity index (χ2n) is 2.65. The third kappa shape index (κ3) is 0.713. The van der Waals surface area contributed by atoms with Gasteiger partial charge in [-0.25, -0.2) is 0 Å². The van der Waals surface area contributed by atoms with Gasteiger partial charge in [0.1, 0.15) is 6.26 Å². The average molecular weight is 113 g/mol. The van der Waals surface area contributed by atoms with Gasteiger partial charge in [0.15, 0.2) is 0 Å². The van der Waals surface area contributed by atoms with Crippen LogP contribution in [0.4, 0.5) is 0 Å². The number of rotatable bonds is 0. The Morgan fingerprint density at radius 2 is 2.25 bits per heavy atom. The minimum absolute atomic E-state index is 0.0417. The molecule has 0 fully saturated rings. The predicted octanol–water partition coefficient (Wildman–Crippen LogP) is 1.20. The van der Waals surface area contributed by atoms with Crippen LogP contribution < -0.4 is 5.48 Å². The zero-order chi connectivity index (χ0) is 6.20. The van der Waals surface area contributed by atoms with Crippen molar-refractivity contribution in [2.45, 2.75) is 26.3 Å². The highest BCUT2D eigenvalue weighted by molar-refractivity contribution is 5.13. The first-order chi connectivity index (χ1) is 3.63. The van der Waals surface area contributed by atoms with Crippen molar-refractivity contribution in [1.82, 2.24) is 5.48 Å². The van der Waals surface area contributed by atoms with Gasteiger partial charge in [0.05, 0.1) is 5.54 Å². The summed E-state index contributed by atoms with van der Waals surface area (Å²) in [5, 5.41) is 0. The van der Waals surface area contributed by atoms with E-state index >= 15 is 0 Å². The van der Waals surface area contributed by atoms with E-state index in [1.165, 1.54) is 5.57 Å². The lowest BCUT2D eigenvalue weighted by Crippen LogP contribution is -2.33. The molecule has 2 heteroatoms. The summed E-state index contributed by atoms with van der Waals surface area (Å²) in [6, 6.07) is 0. The van der Waals surface area contributed by atoms with E-state index in [9.17, 15) is 0 Å². The molecule has 0 aliphatic carbocycles. The molecule has 1 aliphatic heterocycles. The lowest BCUT2D eigenvalue weighted by atomic mass is 9.99. The zero-order valence-electron chi connectivity index (χ0n) is 5.49. The van der Waals surface area contributed by atoms with Crippen LogP contribution >= 0.6 is 0 Å². The Morgan fingerprint density at radius 3 is 2.38 bits per heavy atom. The van der Waals surface area contributed by atoms with Crippen LogP contribution in [0.1, 0.15) is 20.8 Å². The van der Waals surface area contributed by atoms with Gasteiger partial charge in [-0.15, -0.1) is 5.48 Å². The standard InChI is InChI=1S/C6H11NO/c1-5-4-8-7-6(5,2)3/h4,7H,1-3H3. The smallest absolute Gasteiger partial charge is 0.112 e. The molecule has 0 unspecified atom stereocenters. The Bertz CT molecular complexity index is 126. The van der Waals surface area contributed by atoms with Crippen LogP contribution in [-0.4, -0.2) is 5.54 Å². The molecule has 2 nitrogen and oxygen atoms in total. The van der Waals surface area contributed by atoms with Gasteiger partial charge in [-0.05, 0) is 26.3 Å². The summed E-state index contributed by atoms with van der Waals surface area (Å²) in [4.78, 5) is 4.86. The van der Waals surface area contributed by atoms with Gasteiger partial charge >= 0.3 is 0 Å². The van der Waals surface area contributed by atoms with E-state index in [1.54, 1.807) is 6.26 Å². The molecule has 1 aliphatic rings. The monoisotopic (exact) mass is 113 g/mol. The normalized spacial score (nSPS) is 24.6. The fourth-order valence-corrected chi connectivity index (χ4v) is 0.493. The minimum Gasteiger partial charge on any atom is -0.416 e. The highest BCUT2D eigenvalue weighted by Gasteiger charge is 2.24. The maximum absolute atomic E-state index is 4.86. The first-order valence-corrected chi connectivity index (χ1v) is 2.73. The van der Waals surface area contributed by atoms with Crippen LogP contribution in [0.25, 0.3) is 0 Å². The maximum Gasteiger partial charge on any atom is 0.112 e. The fraction of sp³-hybridized carbons (Fsp3) is 0.667. The Morgan fingerprint density at radius 1 is 1.62 bits per heavy atom. The molecule has 0 saturated heterocycles. The highest BCUT2D eigenvalue weighted by atomic mass is 16.6. The lowest BCUT2D eigenvalue weighted by molar-refractivity contribution is 0.112. The molecule has 1 heterocycles. The third-order valence-electron chi connectivity index (χ3n) is 1.54. The van der Waals surface area contributed by atoms with Crippen molar-refractivity contribution >= 4 is 0 Å². The molecule has 46 valence electrons. The average Bonchev–Trinajstić information content (AvgIpc) is 1.86. The Kier molecular flexibility index (Phi) is 1.05. The van der Waals surface area contributed by atoms with E-state index < -0.39 is 0 Å². The summed E-state index contributed by atoms with van der Waals surface area (Å²) in [6.07, 6.45) is 1.74. The number of hydroxylamine groups is 1. The van der Waals surface area contributed by atoms with Gasteiger partial charge in [0, 0.05) is 0 Å². The molecule has 8 heavy (non-hydrogen) atoms. The topological polar surface area (TPSA) is 21.3 Å². The predicted molar refractivity (Wildman–Crippen MR) is 32.1 cm³/mol. The Balaban J connectivity index is 2.73. The van der Waals surface area contributed by atoms with Crippen molar-refractivity contribution in [3.05, 3.63) is 11.8 Å². The maximum atomic E-state index is 4.86. The number of hydrogen-bond donors (Lipinski definition) is 1. The molecule has 0 atom stereocenters. The van der Waals surface area contributed by atoms with Crippen molar-refractivity contribution in [2.75, 3.05) is 0 Å². The van der Waals surface area contributed by atoms with E-state index in [2.05, 4.69) is 19.3 Å². The van der Waals surface area contributed by atoms with E-state index in [1.807, 2.05) is 6.92 Å². The van der Waals surface area contributed by atoms with Gasteiger partial charge in [0.25, 0.3) is 0 Å². The molecule has 0 aromatic carbocycles. The molecule has 0 radical (unpaired) electrons. The van der Waals surface area contributed by atoms with Crippen molar-refractivity contribution in [2.24, 2.45) is 0 Å². The summed E-state index contributed by atoms with van der Waals surface area (Å²) in [5.74, 6) is 0. The third-order valence-corrected chi connectivity index (χ3v) is 1.54. The first kappa shape index (κ1) is 5.63. The molecule has 1 rings (SSSR count). The van der Waals surface area contributed by atoms with Crippen LogP contribution in [0.15, 0.2) is 11.8 Å². The van der Waals surface area contributed by atoms with Crippen LogP contribution in [0.3, 0.4) is 0 Å². The largest absolute Gasteiger partial charge is 0.416 e. The summed E-state index contributed by atoms with van der Waals surface area (Å²) in [5.41, 5.74) is 4.13. The van der Waals surface area contributed by atoms with Crippen molar-refractivity contribution < 1.29 is 4.84 Å². The molecule has 0 saturated carbocycles. The highest BCUT2D eigenvalue weighted by Crippen LogP contribution is 2.19. The Labute approximate surface area is 49.5 Å². The quantitative estimate of drug-likeness (QED) is 0.509. The molecule has 0 aromatic rings. The van der Waals surface area contributed by atoms with E-state index in [0.29, 0.717) is 0 Å². The SMILES string of the molecule is CC1=CONC1(C)C. The van der Waals surface area contributed by atoms with Crippen LogP contribution in [0.2, 0.25) is 0 Å². The van der Waals surface area contributed by atoms with E-state index in [0.717, 1.165) is 0 Å². The lowest BCUT2D eigenvalue weighted by Gasteiger charge is -2.16. The second kappa shape index (κ2) is 1.49. The van der Waals surface area contributed by atoms with Crippen LogP contribution in [0, 0.1) is 0 Å².